The third-order valence-electron chi connectivity index (χ3n) is 2.53. The van der Waals surface area contributed by atoms with Gasteiger partial charge in [0.15, 0.2) is 5.84 Å². The molecule has 5 heteroatoms. The predicted octanol–water partition coefficient (Wildman–Crippen LogP) is 2.50. The summed E-state index contributed by atoms with van der Waals surface area (Å²) in [6.45, 7) is 0.274. The second-order valence-electron chi connectivity index (χ2n) is 3.93. The van der Waals surface area contributed by atoms with Gasteiger partial charge in [0.25, 0.3) is 0 Å². The van der Waals surface area contributed by atoms with E-state index < -0.39 is 0 Å². The SMILES string of the molecule is N/C(=N\O)c1cccc(COc2cccc(F)c2)c1. The number of oxime groups is 1. The van der Waals surface area contributed by atoms with Crippen molar-refractivity contribution in [3.05, 3.63) is 65.5 Å². The molecular formula is C14H13FN2O2. The summed E-state index contributed by atoms with van der Waals surface area (Å²) in [7, 11) is 0. The Bertz CT molecular complexity index is 600. The van der Waals surface area contributed by atoms with Gasteiger partial charge in [0.1, 0.15) is 18.2 Å². The van der Waals surface area contributed by atoms with Crippen molar-refractivity contribution in [3.8, 4) is 5.75 Å². The van der Waals surface area contributed by atoms with Gasteiger partial charge < -0.3 is 15.7 Å². The van der Waals surface area contributed by atoms with Gasteiger partial charge in [-0.05, 0) is 23.8 Å². The smallest absolute Gasteiger partial charge is 0.170 e. The third kappa shape index (κ3) is 3.45. The molecular weight excluding hydrogens is 247 g/mol. The number of nitrogens with two attached hydrogens (primary N) is 1. The van der Waals surface area contributed by atoms with Crippen molar-refractivity contribution in [1.29, 1.82) is 0 Å². The molecule has 0 saturated carbocycles. The van der Waals surface area contributed by atoms with Crippen molar-refractivity contribution in [2.24, 2.45) is 10.9 Å². The zero-order valence-electron chi connectivity index (χ0n) is 10.1. The second-order valence-corrected chi connectivity index (χ2v) is 3.93. The average Bonchev–Trinajstić information content (AvgIpc) is 2.45. The van der Waals surface area contributed by atoms with Gasteiger partial charge in [-0.25, -0.2) is 4.39 Å². The predicted molar refractivity (Wildman–Crippen MR) is 69.7 cm³/mol. The van der Waals surface area contributed by atoms with Crippen molar-refractivity contribution >= 4 is 5.84 Å². The number of halogens is 1. The Morgan fingerprint density at radius 1 is 1.21 bits per heavy atom. The van der Waals surface area contributed by atoms with Crippen molar-refractivity contribution in [2.75, 3.05) is 0 Å². The molecule has 0 spiro atoms. The standard InChI is InChI=1S/C14H13FN2O2/c15-12-5-2-6-13(8-12)19-9-10-3-1-4-11(7-10)14(16)17-18/h1-8,18H,9H2,(H2,16,17). The van der Waals surface area contributed by atoms with Gasteiger partial charge in [0.05, 0.1) is 0 Å². The monoisotopic (exact) mass is 260 g/mol. The minimum Gasteiger partial charge on any atom is -0.489 e. The highest BCUT2D eigenvalue weighted by Crippen LogP contribution is 2.14. The highest BCUT2D eigenvalue weighted by atomic mass is 19.1. The van der Waals surface area contributed by atoms with Crippen LogP contribution < -0.4 is 10.5 Å². The molecule has 2 rings (SSSR count). The number of nitrogens with zero attached hydrogens (tertiary/aromatic N) is 1. The number of hydrogen-bond donors (Lipinski definition) is 2. The lowest BCUT2D eigenvalue weighted by molar-refractivity contribution is 0.304. The number of amidine groups is 1. The van der Waals surface area contributed by atoms with E-state index in [9.17, 15) is 4.39 Å². The maximum atomic E-state index is 13.0. The Kier molecular flexibility index (Phi) is 3.97. The van der Waals surface area contributed by atoms with Crippen LogP contribution in [0.2, 0.25) is 0 Å². The Balaban J connectivity index is 2.08. The molecule has 0 aromatic heterocycles. The average molecular weight is 260 g/mol. The molecule has 0 aliphatic rings. The van der Waals surface area contributed by atoms with E-state index in [1.165, 1.54) is 12.1 Å². The molecule has 0 unspecified atom stereocenters. The molecule has 19 heavy (non-hydrogen) atoms. The van der Waals surface area contributed by atoms with Gasteiger partial charge in [0, 0.05) is 11.6 Å². The lowest BCUT2D eigenvalue weighted by Gasteiger charge is -2.07. The fourth-order valence-electron chi connectivity index (χ4n) is 1.60. The van der Waals surface area contributed by atoms with Crippen LogP contribution in [-0.4, -0.2) is 11.0 Å². The van der Waals surface area contributed by atoms with Crippen LogP contribution >= 0.6 is 0 Å². The molecule has 0 bridgehead atoms. The van der Waals surface area contributed by atoms with E-state index >= 15 is 0 Å². The van der Waals surface area contributed by atoms with Crippen LogP contribution in [0, 0.1) is 5.82 Å². The lowest BCUT2D eigenvalue weighted by Crippen LogP contribution is -2.13. The summed E-state index contributed by atoms with van der Waals surface area (Å²) in [4.78, 5) is 0. The highest BCUT2D eigenvalue weighted by Gasteiger charge is 2.02. The highest BCUT2D eigenvalue weighted by molar-refractivity contribution is 5.97. The Hall–Kier alpha value is -2.56. The molecule has 4 nitrogen and oxygen atoms in total. The first kappa shape index (κ1) is 12.9. The number of ether oxygens (including phenoxy) is 1. The van der Waals surface area contributed by atoms with Crippen LogP contribution in [0.1, 0.15) is 11.1 Å². The molecule has 0 heterocycles. The van der Waals surface area contributed by atoms with Gasteiger partial charge >= 0.3 is 0 Å². The Morgan fingerprint density at radius 3 is 2.74 bits per heavy atom. The van der Waals surface area contributed by atoms with Gasteiger partial charge in [-0.2, -0.15) is 0 Å². The van der Waals surface area contributed by atoms with Crippen LogP contribution in [0.3, 0.4) is 0 Å². The molecule has 2 aromatic rings. The largest absolute Gasteiger partial charge is 0.489 e. The van der Waals surface area contributed by atoms with E-state index in [4.69, 9.17) is 15.7 Å². The summed E-state index contributed by atoms with van der Waals surface area (Å²) in [6.07, 6.45) is 0. The molecule has 0 atom stereocenters. The maximum Gasteiger partial charge on any atom is 0.170 e. The van der Waals surface area contributed by atoms with Crippen LogP contribution in [0.15, 0.2) is 53.7 Å². The number of benzene rings is 2. The van der Waals surface area contributed by atoms with Gasteiger partial charge in [-0.3, -0.25) is 0 Å². The normalized spacial score (nSPS) is 11.3. The van der Waals surface area contributed by atoms with Gasteiger partial charge in [-0.15, -0.1) is 0 Å². The van der Waals surface area contributed by atoms with E-state index in [1.807, 2.05) is 6.07 Å². The minimum absolute atomic E-state index is 0.0348. The van der Waals surface area contributed by atoms with E-state index in [0.717, 1.165) is 5.56 Å². The first-order valence-electron chi connectivity index (χ1n) is 5.64. The van der Waals surface area contributed by atoms with Crippen molar-refractivity contribution < 1.29 is 14.3 Å². The van der Waals surface area contributed by atoms with Crippen LogP contribution in [0.4, 0.5) is 4.39 Å². The number of rotatable bonds is 4. The fraction of sp³-hybridized carbons (Fsp3) is 0.0714. The second kappa shape index (κ2) is 5.86. The lowest BCUT2D eigenvalue weighted by atomic mass is 10.1. The molecule has 0 amide bonds. The van der Waals surface area contributed by atoms with Gasteiger partial charge in [0.2, 0.25) is 0 Å². The zero-order chi connectivity index (χ0) is 13.7. The summed E-state index contributed by atoms with van der Waals surface area (Å²) < 4.78 is 18.4. The van der Waals surface area contributed by atoms with Crippen molar-refractivity contribution in [2.45, 2.75) is 6.61 Å². The van der Waals surface area contributed by atoms with Crippen molar-refractivity contribution in [3.63, 3.8) is 0 Å². The first-order valence-corrected chi connectivity index (χ1v) is 5.64. The van der Waals surface area contributed by atoms with Crippen LogP contribution in [0.5, 0.6) is 5.75 Å². The number of hydrogen-bond acceptors (Lipinski definition) is 3. The molecule has 0 fully saturated rings. The Labute approximate surface area is 109 Å². The molecule has 0 radical (unpaired) electrons. The molecule has 0 aliphatic heterocycles. The maximum absolute atomic E-state index is 13.0. The summed E-state index contributed by atoms with van der Waals surface area (Å²) in [5, 5.41) is 11.5. The fourth-order valence-corrected chi connectivity index (χ4v) is 1.60. The summed E-state index contributed by atoms with van der Waals surface area (Å²) >= 11 is 0. The van der Waals surface area contributed by atoms with Gasteiger partial charge in [-0.1, -0.05) is 29.4 Å². The molecule has 0 saturated heterocycles. The van der Waals surface area contributed by atoms with E-state index in [2.05, 4.69) is 5.16 Å². The van der Waals surface area contributed by atoms with Crippen LogP contribution in [-0.2, 0) is 6.61 Å². The molecule has 3 N–H and O–H groups in total. The Morgan fingerprint density at radius 2 is 2.00 bits per heavy atom. The summed E-state index contributed by atoms with van der Waals surface area (Å²) in [6, 6.07) is 13.0. The molecule has 2 aromatic carbocycles. The quantitative estimate of drug-likeness (QED) is 0.384. The van der Waals surface area contributed by atoms with E-state index in [1.54, 1.807) is 30.3 Å². The minimum atomic E-state index is -0.345. The third-order valence-corrected chi connectivity index (χ3v) is 2.53. The topological polar surface area (TPSA) is 67.8 Å². The van der Waals surface area contributed by atoms with Crippen molar-refractivity contribution in [1.82, 2.24) is 0 Å². The first-order chi connectivity index (χ1) is 9.19. The summed E-state index contributed by atoms with van der Waals surface area (Å²) in [5.41, 5.74) is 6.94. The molecule has 98 valence electrons. The van der Waals surface area contributed by atoms with E-state index in [-0.39, 0.29) is 18.3 Å². The summed E-state index contributed by atoms with van der Waals surface area (Å²) in [5.74, 6) is 0.143. The van der Waals surface area contributed by atoms with E-state index in [0.29, 0.717) is 11.3 Å². The van der Waals surface area contributed by atoms with Crippen LogP contribution in [0.25, 0.3) is 0 Å². The zero-order valence-corrected chi connectivity index (χ0v) is 10.1. The molecule has 0 aliphatic carbocycles.